The molecule has 0 saturated carbocycles. The summed E-state index contributed by atoms with van der Waals surface area (Å²) in [7, 11) is 0. The van der Waals surface area contributed by atoms with Crippen molar-refractivity contribution in [3.05, 3.63) is 23.5 Å². The van der Waals surface area contributed by atoms with Gasteiger partial charge in [-0.2, -0.15) is 0 Å². The Kier molecular flexibility index (Phi) is 4.07. The van der Waals surface area contributed by atoms with Crippen molar-refractivity contribution in [3.8, 4) is 0 Å². The molecular formula is C14H23N3S. The highest BCUT2D eigenvalue weighted by molar-refractivity contribution is 7.15. The molecule has 2 rings (SSSR count). The Bertz CT molecular complexity index is 464. The van der Waals surface area contributed by atoms with Gasteiger partial charge in [0.2, 0.25) is 0 Å². The molecule has 0 spiro atoms. The zero-order valence-electron chi connectivity index (χ0n) is 11.7. The summed E-state index contributed by atoms with van der Waals surface area (Å²) in [5, 5.41) is 5.61. The van der Waals surface area contributed by atoms with E-state index in [0.717, 1.165) is 17.9 Å². The van der Waals surface area contributed by atoms with Gasteiger partial charge in [0.25, 0.3) is 0 Å². The summed E-state index contributed by atoms with van der Waals surface area (Å²) in [5.41, 5.74) is 1.43. The molecule has 0 aliphatic heterocycles. The van der Waals surface area contributed by atoms with Crippen molar-refractivity contribution in [2.75, 3.05) is 6.54 Å². The highest BCUT2D eigenvalue weighted by atomic mass is 32.1. The SMILES string of the molecule is CC(CCNC(C)(C)C)Cc1cn2ccsc2n1. The van der Waals surface area contributed by atoms with Gasteiger partial charge in [0.15, 0.2) is 4.96 Å². The fraction of sp³-hybridized carbons (Fsp3) is 0.643. The van der Waals surface area contributed by atoms with Crippen LogP contribution in [0.3, 0.4) is 0 Å². The number of hydrogen-bond acceptors (Lipinski definition) is 3. The first-order chi connectivity index (χ1) is 8.44. The number of nitrogens with one attached hydrogen (secondary N) is 1. The van der Waals surface area contributed by atoms with Crippen molar-refractivity contribution in [2.45, 2.75) is 46.1 Å². The summed E-state index contributed by atoms with van der Waals surface area (Å²) in [5.74, 6) is 0.671. The Morgan fingerprint density at radius 1 is 1.44 bits per heavy atom. The molecule has 0 saturated heterocycles. The van der Waals surface area contributed by atoms with Gasteiger partial charge in [-0.15, -0.1) is 11.3 Å². The summed E-state index contributed by atoms with van der Waals surface area (Å²) in [6, 6.07) is 0. The van der Waals surface area contributed by atoms with E-state index in [4.69, 9.17) is 0 Å². The lowest BCUT2D eigenvalue weighted by atomic mass is 10.0. The molecule has 0 radical (unpaired) electrons. The minimum atomic E-state index is 0.219. The molecule has 18 heavy (non-hydrogen) atoms. The number of aromatic nitrogens is 2. The van der Waals surface area contributed by atoms with Crippen molar-refractivity contribution in [2.24, 2.45) is 5.92 Å². The van der Waals surface area contributed by atoms with E-state index in [1.165, 1.54) is 12.1 Å². The van der Waals surface area contributed by atoms with Crippen LogP contribution in [0.5, 0.6) is 0 Å². The first kappa shape index (κ1) is 13.6. The Labute approximate surface area is 113 Å². The van der Waals surface area contributed by atoms with Crippen LogP contribution in [0.1, 0.15) is 39.8 Å². The van der Waals surface area contributed by atoms with E-state index in [2.05, 4.69) is 60.2 Å². The van der Waals surface area contributed by atoms with E-state index >= 15 is 0 Å². The normalized spacial score (nSPS) is 14.2. The van der Waals surface area contributed by atoms with Crippen LogP contribution in [0.4, 0.5) is 0 Å². The summed E-state index contributed by atoms with van der Waals surface area (Å²) in [6.45, 7) is 10.0. The van der Waals surface area contributed by atoms with Crippen molar-refractivity contribution in [3.63, 3.8) is 0 Å². The smallest absolute Gasteiger partial charge is 0.193 e. The maximum Gasteiger partial charge on any atom is 0.193 e. The van der Waals surface area contributed by atoms with Crippen LogP contribution in [0.2, 0.25) is 0 Å². The lowest BCUT2D eigenvalue weighted by molar-refractivity contribution is 0.393. The molecule has 2 aromatic rings. The first-order valence-electron chi connectivity index (χ1n) is 6.60. The van der Waals surface area contributed by atoms with Crippen LogP contribution in [-0.4, -0.2) is 21.5 Å². The second-order valence-electron chi connectivity index (χ2n) is 6.10. The fourth-order valence-corrected chi connectivity index (χ4v) is 2.75. The van der Waals surface area contributed by atoms with Gasteiger partial charge < -0.3 is 5.32 Å². The predicted octanol–water partition coefficient (Wildman–Crippen LogP) is 3.35. The van der Waals surface area contributed by atoms with Gasteiger partial charge in [-0.1, -0.05) is 6.92 Å². The second kappa shape index (κ2) is 5.41. The van der Waals surface area contributed by atoms with Gasteiger partial charge in [-0.25, -0.2) is 4.98 Å². The molecule has 1 N–H and O–H groups in total. The molecule has 0 aromatic carbocycles. The van der Waals surface area contributed by atoms with Gasteiger partial charge in [-0.05, 0) is 46.1 Å². The maximum atomic E-state index is 4.63. The summed E-state index contributed by atoms with van der Waals surface area (Å²) < 4.78 is 2.11. The molecule has 2 aromatic heterocycles. The van der Waals surface area contributed by atoms with Crippen LogP contribution >= 0.6 is 11.3 Å². The third kappa shape index (κ3) is 3.82. The molecule has 0 aliphatic carbocycles. The standard InChI is InChI=1S/C14H23N3S/c1-11(5-6-15-14(2,3)4)9-12-10-17-7-8-18-13(17)16-12/h7-8,10-11,15H,5-6,9H2,1-4H3. The Morgan fingerprint density at radius 3 is 2.89 bits per heavy atom. The van der Waals surface area contributed by atoms with Crippen molar-refractivity contribution < 1.29 is 0 Å². The molecule has 4 heteroatoms. The molecule has 0 aliphatic rings. The molecule has 2 heterocycles. The quantitative estimate of drug-likeness (QED) is 0.898. The average molecular weight is 265 g/mol. The minimum absolute atomic E-state index is 0.219. The predicted molar refractivity (Wildman–Crippen MR) is 78.3 cm³/mol. The molecular weight excluding hydrogens is 242 g/mol. The van der Waals surface area contributed by atoms with Crippen molar-refractivity contribution >= 4 is 16.3 Å². The van der Waals surface area contributed by atoms with Crippen LogP contribution in [0, 0.1) is 5.92 Å². The van der Waals surface area contributed by atoms with Gasteiger partial charge in [0.05, 0.1) is 5.69 Å². The highest BCUT2D eigenvalue weighted by Crippen LogP contribution is 2.15. The zero-order valence-corrected chi connectivity index (χ0v) is 12.5. The fourth-order valence-electron chi connectivity index (χ4n) is 2.03. The van der Waals surface area contributed by atoms with Gasteiger partial charge in [0.1, 0.15) is 0 Å². The molecule has 0 amide bonds. The van der Waals surface area contributed by atoms with Gasteiger partial charge >= 0.3 is 0 Å². The zero-order chi connectivity index (χ0) is 13.2. The molecule has 1 atom stereocenters. The minimum Gasteiger partial charge on any atom is -0.312 e. The number of nitrogens with zero attached hydrogens (tertiary/aromatic N) is 2. The number of hydrogen-bond donors (Lipinski definition) is 1. The molecule has 0 fully saturated rings. The van der Waals surface area contributed by atoms with E-state index in [1.54, 1.807) is 11.3 Å². The monoisotopic (exact) mass is 265 g/mol. The van der Waals surface area contributed by atoms with Crippen molar-refractivity contribution in [1.29, 1.82) is 0 Å². The summed E-state index contributed by atoms with van der Waals surface area (Å²) in [6.07, 6.45) is 6.49. The Balaban J connectivity index is 1.80. The van der Waals surface area contributed by atoms with Crippen LogP contribution in [-0.2, 0) is 6.42 Å². The average Bonchev–Trinajstić information content (AvgIpc) is 2.75. The lowest BCUT2D eigenvalue weighted by Gasteiger charge is -2.21. The topological polar surface area (TPSA) is 29.3 Å². The number of thiazole rings is 1. The van der Waals surface area contributed by atoms with Crippen LogP contribution < -0.4 is 5.32 Å². The van der Waals surface area contributed by atoms with Crippen molar-refractivity contribution in [1.82, 2.24) is 14.7 Å². The van der Waals surface area contributed by atoms with Crippen LogP contribution in [0.15, 0.2) is 17.8 Å². The van der Waals surface area contributed by atoms with Gasteiger partial charge in [0, 0.05) is 23.3 Å². The molecule has 0 bridgehead atoms. The summed E-state index contributed by atoms with van der Waals surface area (Å²) >= 11 is 1.70. The van der Waals surface area contributed by atoms with Crippen LogP contribution in [0.25, 0.3) is 4.96 Å². The van der Waals surface area contributed by atoms with E-state index in [9.17, 15) is 0 Å². The summed E-state index contributed by atoms with van der Waals surface area (Å²) in [4.78, 5) is 5.73. The number of fused-ring (bicyclic) bond motifs is 1. The third-order valence-electron chi connectivity index (χ3n) is 2.99. The Hall–Kier alpha value is -0.870. The number of imidazole rings is 1. The lowest BCUT2D eigenvalue weighted by Crippen LogP contribution is -2.37. The van der Waals surface area contributed by atoms with Gasteiger partial charge in [-0.3, -0.25) is 4.40 Å². The molecule has 3 nitrogen and oxygen atoms in total. The van der Waals surface area contributed by atoms with E-state index < -0.39 is 0 Å². The Morgan fingerprint density at radius 2 is 2.22 bits per heavy atom. The third-order valence-corrected chi connectivity index (χ3v) is 3.76. The number of rotatable bonds is 5. The van der Waals surface area contributed by atoms with E-state index in [0.29, 0.717) is 5.92 Å². The van der Waals surface area contributed by atoms with E-state index in [-0.39, 0.29) is 5.54 Å². The molecule has 100 valence electrons. The van der Waals surface area contributed by atoms with E-state index in [1.807, 2.05) is 0 Å². The second-order valence-corrected chi connectivity index (χ2v) is 6.97. The highest BCUT2D eigenvalue weighted by Gasteiger charge is 2.11. The first-order valence-corrected chi connectivity index (χ1v) is 7.48. The largest absolute Gasteiger partial charge is 0.312 e. The maximum absolute atomic E-state index is 4.63. The molecule has 1 unspecified atom stereocenters.